The summed E-state index contributed by atoms with van der Waals surface area (Å²) >= 11 is 0. The average molecular weight is 276 g/mol. The van der Waals surface area contributed by atoms with E-state index < -0.39 is 0 Å². The highest BCUT2D eigenvalue weighted by atomic mass is 16.3. The van der Waals surface area contributed by atoms with Gasteiger partial charge in [0.25, 0.3) is 5.91 Å². The second-order valence-corrected chi connectivity index (χ2v) is 5.49. The lowest BCUT2D eigenvalue weighted by Gasteiger charge is -2.30. The highest BCUT2D eigenvalue weighted by Crippen LogP contribution is 2.29. The van der Waals surface area contributed by atoms with Gasteiger partial charge in [-0.1, -0.05) is 25.0 Å². The summed E-state index contributed by atoms with van der Waals surface area (Å²) < 4.78 is 0. The fraction of sp³-hybridized carbons (Fsp3) is 0.562. The Bertz CT molecular complexity index is 448. The van der Waals surface area contributed by atoms with Gasteiger partial charge in [-0.15, -0.1) is 0 Å². The zero-order chi connectivity index (χ0) is 14.4. The minimum Gasteiger partial charge on any atom is -0.396 e. The zero-order valence-electron chi connectivity index (χ0n) is 12.1. The fourth-order valence-corrected chi connectivity index (χ4v) is 3.01. The molecule has 3 N–H and O–H groups in total. The van der Waals surface area contributed by atoms with Crippen LogP contribution < -0.4 is 10.6 Å². The van der Waals surface area contributed by atoms with Crippen LogP contribution in [0, 0.1) is 11.8 Å². The van der Waals surface area contributed by atoms with Crippen LogP contribution >= 0.6 is 0 Å². The quantitative estimate of drug-likeness (QED) is 0.773. The van der Waals surface area contributed by atoms with Crippen molar-refractivity contribution in [3.8, 4) is 0 Å². The molecule has 0 radical (unpaired) electrons. The summed E-state index contributed by atoms with van der Waals surface area (Å²) in [5, 5.41) is 15.5. The molecule has 1 aromatic rings. The average Bonchev–Trinajstić information content (AvgIpc) is 2.52. The topological polar surface area (TPSA) is 61.4 Å². The number of carbonyl (C=O) groups excluding carboxylic acids is 1. The molecule has 0 saturated heterocycles. The Balaban J connectivity index is 1.94. The normalized spacial score (nSPS) is 22.3. The summed E-state index contributed by atoms with van der Waals surface area (Å²) in [6.45, 7) is 0.885. The number of aliphatic hydroxyl groups excluding tert-OH is 1. The third-order valence-electron chi connectivity index (χ3n) is 4.27. The maximum Gasteiger partial charge on any atom is 0.253 e. The second-order valence-electron chi connectivity index (χ2n) is 5.49. The van der Waals surface area contributed by atoms with Crippen LogP contribution in [-0.4, -0.2) is 31.2 Å². The molecule has 20 heavy (non-hydrogen) atoms. The Morgan fingerprint density at radius 1 is 1.25 bits per heavy atom. The molecule has 1 aliphatic rings. The summed E-state index contributed by atoms with van der Waals surface area (Å²) in [5.74, 6) is 0.695. The first-order chi connectivity index (χ1) is 9.76. The van der Waals surface area contributed by atoms with Gasteiger partial charge in [-0.3, -0.25) is 4.79 Å². The van der Waals surface area contributed by atoms with Crippen LogP contribution in [-0.2, 0) is 0 Å². The van der Waals surface area contributed by atoms with Crippen LogP contribution in [0.1, 0.15) is 36.0 Å². The predicted molar refractivity (Wildman–Crippen MR) is 80.9 cm³/mol. The largest absolute Gasteiger partial charge is 0.396 e. The van der Waals surface area contributed by atoms with E-state index in [1.807, 2.05) is 31.3 Å². The Hall–Kier alpha value is -1.55. The number of hydrogen-bond acceptors (Lipinski definition) is 3. The van der Waals surface area contributed by atoms with Gasteiger partial charge in [-0.2, -0.15) is 0 Å². The van der Waals surface area contributed by atoms with Crippen molar-refractivity contribution in [3.05, 3.63) is 29.8 Å². The maximum atomic E-state index is 12.2. The van der Waals surface area contributed by atoms with Gasteiger partial charge in [0.05, 0.1) is 5.56 Å². The monoisotopic (exact) mass is 276 g/mol. The third-order valence-corrected chi connectivity index (χ3v) is 4.27. The van der Waals surface area contributed by atoms with Crippen LogP contribution in [0.25, 0.3) is 0 Å². The Morgan fingerprint density at radius 2 is 1.95 bits per heavy atom. The Kier molecular flexibility index (Phi) is 5.41. The highest BCUT2D eigenvalue weighted by molar-refractivity contribution is 5.99. The first-order valence-corrected chi connectivity index (χ1v) is 7.42. The maximum absolute atomic E-state index is 12.2. The summed E-state index contributed by atoms with van der Waals surface area (Å²) in [4.78, 5) is 12.2. The fourth-order valence-electron chi connectivity index (χ4n) is 3.01. The van der Waals surface area contributed by atoms with Crippen LogP contribution in [0.3, 0.4) is 0 Å². The summed E-state index contributed by atoms with van der Waals surface area (Å²) in [5.41, 5.74) is 1.51. The number of para-hydroxylation sites is 1. The van der Waals surface area contributed by atoms with Crippen molar-refractivity contribution in [3.63, 3.8) is 0 Å². The van der Waals surface area contributed by atoms with Gasteiger partial charge in [0, 0.05) is 25.9 Å². The minimum absolute atomic E-state index is 0.0442. The smallest absolute Gasteiger partial charge is 0.253 e. The van der Waals surface area contributed by atoms with E-state index in [0.717, 1.165) is 18.5 Å². The lowest BCUT2D eigenvalue weighted by Crippen LogP contribution is -2.35. The molecule has 1 aliphatic carbocycles. The lowest BCUT2D eigenvalue weighted by atomic mass is 9.79. The van der Waals surface area contributed by atoms with E-state index in [1.165, 1.54) is 12.8 Å². The molecule has 110 valence electrons. The van der Waals surface area contributed by atoms with Gasteiger partial charge >= 0.3 is 0 Å². The van der Waals surface area contributed by atoms with Crippen LogP contribution in [0.2, 0.25) is 0 Å². The molecule has 0 aromatic heterocycles. The van der Waals surface area contributed by atoms with Gasteiger partial charge in [0.15, 0.2) is 0 Å². The number of hydrogen-bond donors (Lipinski definition) is 3. The number of nitrogens with one attached hydrogen (secondary N) is 2. The molecule has 2 atom stereocenters. The highest BCUT2D eigenvalue weighted by Gasteiger charge is 2.25. The number of benzene rings is 1. The zero-order valence-corrected chi connectivity index (χ0v) is 12.1. The van der Waals surface area contributed by atoms with Gasteiger partial charge in [0.1, 0.15) is 0 Å². The number of amides is 1. The molecule has 2 unspecified atom stereocenters. The van der Waals surface area contributed by atoms with Crippen molar-refractivity contribution in [2.75, 3.05) is 25.5 Å². The van der Waals surface area contributed by atoms with Gasteiger partial charge in [-0.05, 0) is 36.8 Å². The van der Waals surface area contributed by atoms with E-state index in [1.54, 1.807) is 0 Å². The summed E-state index contributed by atoms with van der Waals surface area (Å²) in [6, 6.07) is 7.50. The Labute approximate surface area is 120 Å². The van der Waals surface area contributed by atoms with E-state index in [4.69, 9.17) is 0 Å². The van der Waals surface area contributed by atoms with Crippen molar-refractivity contribution in [2.45, 2.75) is 25.7 Å². The van der Waals surface area contributed by atoms with Gasteiger partial charge in [0.2, 0.25) is 0 Å². The molecule has 2 rings (SSSR count). The van der Waals surface area contributed by atoms with Gasteiger partial charge < -0.3 is 15.7 Å². The van der Waals surface area contributed by atoms with E-state index in [9.17, 15) is 9.90 Å². The molecule has 1 aromatic carbocycles. The molecule has 0 spiro atoms. The minimum atomic E-state index is -0.0442. The van der Waals surface area contributed by atoms with Crippen LogP contribution in [0.15, 0.2) is 24.3 Å². The molecule has 4 nitrogen and oxygen atoms in total. The molecular formula is C16H24N2O2. The van der Waals surface area contributed by atoms with E-state index in [-0.39, 0.29) is 12.5 Å². The Morgan fingerprint density at radius 3 is 2.65 bits per heavy atom. The molecule has 0 aliphatic heterocycles. The van der Waals surface area contributed by atoms with E-state index >= 15 is 0 Å². The van der Waals surface area contributed by atoms with Crippen molar-refractivity contribution >= 4 is 11.6 Å². The molecule has 0 heterocycles. The lowest BCUT2D eigenvalue weighted by molar-refractivity contribution is 0.0910. The molecular weight excluding hydrogens is 252 g/mol. The molecule has 1 saturated carbocycles. The summed E-state index contributed by atoms with van der Waals surface area (Å²) in [7, 11) is 1.81. The number of anilines is 1. The second kappa shape index (κ2) is 7.29. The molecule has 0 bridgehead atoms. The third kappa shape index (κ3) is 3.51. The summed E-state index contributed by atoms with van der Waals surface area (Å²) in [6.07, 6.45) is 4.56. The molecule has 1 amide bonds. The van der Waals surface area contributed by atoms with E-state index in [0.29, 0.717) is 23.9 Å². The number of carbonyl (C=O) groups is 1. The predicted octanol–water partition coefficient (Wildman–Crippen LogP) is 2.26. The number of aliphatic hydroxyl groups is 1. The van der Waals surface area contributed by atoms with Gasteiger partial charge in [-0.25, -0.2) is 0 Å². The van der Waals surface area contributed by atoms with E-state index in [2.05, 4.69) is 10.6 Å². The first kappa shape index (κ1) is 14.9. The van der Waals surface area contributed by atoms with Crippen LogP contribution in [0.4, 0.5) is 5.69 Å². The number of rotatable bonds is 5. The van der Waals surface area contributed by atoms with Crippen LogP contribution in [0.5, 0.6) is 0 Å². The van der Waals surface area contributed by atoms with Crippen molar-refractivity contribution in [1.82, 2.24) is 5.32 Å². The van der Waals surface area contributed by atoms with Crippen molar-refractivity contribution < 1.29 is 9.90 Å². The SMILES string of the molecule is CNc1ccccc1C(=O)NCC1CCCCC1CO. The van der Waals surface area contributed by atoms with Crippen molar-refractivity contribution in [1.29, 1.82) is 0 Å². The van der Waals surface area contributed by atoms with Crippen molar-refractivity contribution in [2.24, 2.45) is 11.8 Å². The molecule has 1 fully saturated rings. The molecule has 4 heteroatoms. The standard InChI is InChI=1S/C16H24N2O2/c1-17-15-9-5-4-8-14(15)16(20)18-10-12-6-2-3-7-13(12)11-19/h4-5,8-9,12-13,17,19H,2-3,6-7,10-11H2,1H3,(H,18,20). The first-order valence-electron chi connectivity index (χ1n) is 7.42.